The first kappa shape index (κ1) is 27.6. The molecule has 3 atom stereocenters. The van der Waals surface area contributed by atoms with Crippen LogP contribution >= 0.6 is 0 Å². The molecule has 3 aromatic carbocycles. The summed E-state index contributed by atoms with van der Waals surface area (Å²) in [6.45, 7) is 5.14. The van der Waals surface area contributed by atoms with E-state index in [1.54, 1.807) is 12.5 Å². The lowest BCUT2D eigenvalue weighted by Crippen LogP contribution is -2.49. The number of aliphatic imine (C=N–C) groups is 1. The monoisotopic (exact) mass is 562 g/mol. The summed E-state index contributed by atoms with van der Waals surface area (Å²) in [5, 5.41) is 3.38. The van der Waals surface area contributed by atoms with Crippen molar-refractivity contribution in [1.82, 2.24) is 19.5 Å². The van der Waals surface area contributed by atoms with E-state index in [0.29, 0.717) is 18.3 Å². The average Bonchev–Trinajstić information content (AvgIpc) is 3.62. The van der Waals surface area contributed by atoms with Crippen LogP contribution in [0.15, 0.2) is 90.1 Å². The number of nitrogens with two attached hydrogens (primary N) is 1. The van der Waals surface area contributed by atoms with Gasteiger partial charge in [-0.05, 0) is 61.4 Å². The van der Waals surface area contributed by atoms with E-state index in [-0.39, 0.29) is 29.4 Å². The molecule has 9 nitrogen and oxygen atoms in total. The Labute approximate surface area is 246 Å². The van der Waals surface area contributed by atoms with Crippen molar-refractivity contribution in [3.63, 3.8) is 0 Å². The lowest BCUT2D eigenvalue weighted by molar-refractivity contribution is 0.0921. The SMILES string of the molecule is Cc1cc2c(cc1CC1CCCN1C(=O)OCc1ccccc1)N=C[N+]2(N)c1ccnc(NC(C)c2ccccc2)n1. The number of benzene rings is 3. The number of fused-ring (bicyclic) bond motifs is 1. The van der Waals surface area contributed by atoms with Crippen molar-refractivity contribution >= 4 is 35.6 Å². The zero-order valence-electron chi connectivity index (χ0n) is 24.0. The van der Waals surface area contributed by atoms with E-state index < -0.39 is 0 Å². The highest BCUT2D eigenvalue weighted by Crippen LogP contribution is 2.43. The molecule has 1 amide bonds. The molecule has 0 saturated carbocycles. The van der Waals surface area contributed by atoms with Gasteiger partial charge in [0.1, 0.15) is 12.3 Å². The quantitative estimate of drug-likeness (QED) is 0.188. The topological polar surface area (TPSA) is 106 Å². The van der Waals surface area contributed by atoms with Crippen LogP contribution in [0.1, 0.15) is 48.1 Å². The minimum Gasteiger partial charge on any atom is -0.445 e. The molecule has 42 heavy (non-hydrogen) atoms. The number of nitrogens with one attached hydrogen (secondary N) is 1. The summed E-state index contributed by atoms with van der Waals surface area (Å²) >= 11 is 0. The number of carbonyl (C=O) groups is 1. The maximum Gasteiger partial charge on any atom is 0.410 e. The normalized spacial score (nSPS) is 19.9. The van der Waals surface area contributed by atoms with Crippen molar-refractivity contribution in [3.05, 3.63) is 107 Å². The van der Waals surface area contributed by atoms with Crippen LogP contribution in [0, 0.1) is 6.92 Å². The van der Waals surface area contributed by atoms with Gasteiger partial charge in [0, 0.05) is 30.9 Å². The molecule has 0 bridgehead atoms. The maximum atomic E-state index is 13.0. The second kappa shape index (κ2) is 11.7. The summed E-state index contributed by atoms with van der Waals surface area (Å²) in [7, 11) is 0. The number of quaternary nitrogens is 1. The Morgan fingerprint density at radius 3 is 2.67 bits per heavy atom. The molecule has 1 aromatic heterocycles. The van der Waals surface area contributed by atoms with Crippen LogP contribution in [-0.4, -0.2) is 39.9 Å². The predicted octanol–water partition coefficient (Wildman–Crippen LogP) is 6.49. The molecular weight excluding hydrogens is 526 g/mol. The first-order chi connectivity index (χ1) is 20.4. The lowest BCUT2D eigenvalue weighted by atomic mass is 9.98. The lowest BCUT2D eigenvalue weighted by Gasteiger charge is -2.26. The molecule has 1 fully saturated rings. The Bertz CT molecular complexity index is 1600. The molecule has 1 saturated heterocycles. The summed E-state index contributed by atoms with van der Waals surface area (Å²) < 4.78 is 5.50. The number of hydrogen-bond donors (Lipinski definition) is 2. The largest absolute Gasteiger partial charge is 0.445 e. The highest BCUT2D eigenvalue weighted by atomic mass is 16.6. The molecule has 2 aliphatic heterocycles. The summed E-state index contributed by atoms with van der Waals surface area (Å²) in [4.78, 5) is 28.7. The number of aromatic nitrogens is 2. The number of ether oxygens (including phenoxy) is 1. The van der Waals surface area contributed by atoms with Crippen molar-refractivity contribution in [2.24, 2.45) is 10.8 Å². The number of rotatable bonds is 8. The van der Waals surface area contributed by atoms with Gasteiger partial charge in [0.15, 0.2) is 5.69 Å². The first-order valence-electron chi connectivity index (χ1n) is 14.4. The number of aryl methyl sites for hydroxylation is 1. The van der Waals surface area contributed by atoms with Gasteiger partial charge in [-0.3, -0.25) is 0 Å². The van der Waals surface area contributed by atoms with Crippen LogP contribution in [0.4, 0.5) is 27.9 Å². The molecule has 6 rings (SSSR count). The number of hydrogen-bond acceptors (Lipinski definition) is 7. The number of amides is 1. The van der Waals surface area contributed by atoms with E-state index in [0.717, 1.165) is 52.9 Å². The molecule has 3 heterocycles. The summed E-state index contributed by atoms with van der Waals surface area (Å²) in [6, 6.07) is 26.1. The highest BCUT2D eigenvalue weighted by Gasteiger charge is 2.39. The molecule has 4 aromatic rings. The predicted molar refractivity (Wildman–Crippen MR) is 166 cm³/mol. The van der Waals surface area contributed by atoms with Gasteiger partial charge in [-0.2, -0.15) is 15.8 Å². The zero-order valence-corrected chi connectivity index (χ0v) is 24.0. The fraction of sp³-hybridized carbons (Fsp3) is 0.273. The third-order valence-electron chi connectivity index (χ3n) is 8.15. The van der Waals surface area contributed by atoms with Gasteiger partial charge < -0.3 is 15.0 Å². The molecule has 0 radical (unpaired) electrons. The standard InChI is InChI=1S/C33H36N7O2/c1-23-18-30-29(20-27(23)19-28-14-9-17-39(28)33(41)42-21-25-10-5-3-6-11-25)36-22-40(30,34)31-15-16-35-32(38-31)37-24(2)26-12-7-4-8-13-26/h3-8,10-13,15-16,18,20,22,24,28H,9,14,17,19,21,34H2,1-2H3,(H,35,37,38)/q+1. The van der Waals surface area contributed by atoms with Gasteiger partial charge in [0.05, 0.1) is 6.04 Å². The fourth-order valence-corrected chi connectivity index (χ4v) is 5.73. The van der Waals surface area contributed by atoms with Crippen LogP contribution < -0.4 is 15.8 Å². The number of likely N-dealkylation sites (tertiary alicyclic amines) is 1. The molecule has 0 aliphatic carbocycles. The minimum atomic E-state index is -0.259. The second-order valence-electron chi connectivity index (χ2n) is 11.0. The summed E-state index contributed by atoms with van der Waals surface area (Å²) in [5.41, 5.74) is 6.03. The van der Waals surface area contributed by atoms with Gasteiger partial charge >= 0.3 is 6.09 Å². The Morgan fingerprint density at radius 2 is 1.88 bits per heavy atom. The van der Waals surface area contributed by atoms with Crippen LogP contribution in [-0.2, 0) is 17.8 Å². The van der Waals surface area contributed by atoms with E-state index >= 15 is 0 Å². The molecule has 214 valence electrons. The molecule has 2 aliphatic rings. The Balaban J connectivity index is 1.17. The molecular formula is C33H36N7O2+. The van der Waals surface area contributed by atoms with Crippen molar-refractivity contribution in [3.8, 4) is 0 Å². The summed E-state index contributed by atoms with van der Waals surface area (Å²) in [6.07, 6.45) is 5.80. The van der Waals surface area contributed by atoms with Gasteiger partial charge in [-0.15, -0.1) is 4.59 Å². The van der Waals surface area contributed by atoms with Crippen molar-refractivity contribution < 1.29 is 9.53 Å². The van der Waals surface area contributed by atoms with E-state index in [1.165, 1.54) is 0 Å². The van der Waals surface area contributed by atoms with Crippen LogP contribution in [0.3, 0.4) is 0 Å². The number of nitrogens with zero attached hydrogens (tertiary/aromatic N) is 5. The molecule has 0 spiro atoms. The Morgan fingerprint density at radius 1 is 1.12 bits per heavy atom. The number of anilines is 1. The molecule has 3 N–H and O–H groups in total. The van der Waals surface area contributed by atoms with Crippen molar-refractivity contribution in [1.29, 1.82) is 0 Å². The van der Waals surface area contributed by atoms with E-state index in [1.807, 2.05) is 59.5 Å². The van der Waals surface area contributed by atoms with Gasteiger partial charge in [-0.1, -0.05) is 60.7 Å². The third kappa shape index (κ3) is 5.61. The minimum absolute atomic E-state index is 0.0304. The third-order valence-corrected chi connectivity index (χ3v) is 8.15. The molecule has 9 heteroatoms. The fourth-order valence-electron chi connectivity index (χ4n) is 5.73. The zero-order chi connectivity index (χ0) is 29.1. The smallest absolute Gasteiger partial charge is 0.410 e. The average molecular weight is 563 g/mol. The van der Waals surface area contributed by atoms with Crippen molar-refractivity contribution in [2.45, 2.75) is 51.8 Å². The van der Waals surface area contributed by atoms with E-state index in [4.69, 9.17) is 20.6 Å². The Hall–Kier alpha value is -4.60. The molecule has 3 unspecified atom stereocenters. The van der Waals surface area contributed by atoms with Gasteiger partial charge in [0.2, 0.25) is 12.3 Å². The number of carbonyl (C=O) groups excluding carboxylic acids is 1. The van der Waals surface area contributed by atoms with Crippen LogP contribution in [0.2, 0.25) is 0 Å². The van der Waals surface area contributed by atoms with E-state index in [9.17, 15) is 4.79 Å². The highest BCUT2D eigenvalue weighted by molar-refractivity contribution is 5.93. The van der Waals surface area contributed by atoms with Gasteiger partial charge in [-0.25, -0.2) is 9.78 Å². The van der Waals surface area contributed by atoms with E-state index in [2.05, 4.69) is 48.4 Å². The van der Waals surface area contributed by atoms with Crippen LogP contribution in [0.25, 0.3) is 0 Å². The van der Waals surface area contributed by atoms with Gasteiger partial charge in [0.25, 0.3) is 5.82 Å². The Kier molecular flexibility index (Phi) is 7.69. The second-order valence-corrected chi connectivity index (χ2v) is 11.0. The first-order valence-corrected chi connectivity index (χ1v) is 14.4. The van der Waals surface area contributed by atoms with Crippen molar-refractivity contribution in [2.75, 3.05) is 11.9 Å². The maximum absolute atomic E-state index is 13.0. The summed E-state index contributed by atoms with van der Waals surface area (Å²) in [5.74, 6) is 8.05. The van der Waals surface area contributed by atoms with Crippen LogP contribution in [0.5, 0.6) is 0 Å².